The van der Waals surface area contributed by atoms with Crippen LogP contribution >= 0.6 is 0 Å². The summed E-state index contributed by atoms with van der Waals surface area (Å²) in [7, 11) is 1.53. The Kier molecular flexibility index (Phi) is 10.1. The molecule has 0 radical (unpaired) electrons. The number of hydrogen-bond donors (Lipinski definition) is 3. The molecule has 2 aromatic heterocycles. The van der Waals surface area contributed by atoms with E-state index in [1.807, 2.05) is 36.4 Å². The fraction of sp³-hybridized carbons (Fsp3) is 0.485. The molecule has 0 bridgehead atoms. The summed E-state index contributed by atoms with van der Waals surface area (Å²) >= 11 is 0. The lowest BCUT2D eigenvalue weighted by Gasteiger charge is -2.26. The molecule has 11 heteroatoms. The number of ether oxygens (including phenoxy) is 3. The summed E-state index contributed by atoms with van der Waals surface area (Å²) in [5.74, 6) is 1.14. The van der Waals surface area contributed by atoms with Gasteiger partial charge in [0.2, 0.25) is 0 Å². The van der Waals surface area contributed by atoms with Crippen molar-refractivity contribution < 1.29 is 24.4 Å². The van der Waals surface area contributed by atoms with E-state index in [0.29, 0.717) is 36.0 Å². The van der Waals surface area contributed by atoms with E-state index in [0.717, 1.165) is 19.6 Å². The summed E-state index contributed by atoms with van der Waals surface area (Å²) in [6, 6.07) is 20.8. The normalized spacial score (nSPS) is 22.6. The fourth-order valence-electron chi connectivity index (χ4n) is 6.13. The second kappa shape index (κ2) is 14.6. The Morgan fingerprint density at radius 1 is 0.955 bits per heavy atom. The number of nitrogens with one attached hydrogen (secondary N) is 1. The summed E-state index contributed by atoms with van der Waals surface area (Å²) < 4.78 is 18.9. The second-order valence-electron chi connectivity index (χ2n) is 11.5. The molecule has 0 saturated carbocycles. The van der Waals surface area contributed by atoms with Crippen molar-refractivity contribution in [3.63, 3.8) is 0 Å². The zero-order valence-corrected chi connectivity index (χ0v) is 25.2. The molecule has 0 spiro atoms. The molecule has 11 nitrogen and oxygen atoms in total. The van der Waals surface area contributed by atoms with Crippen molar-refractivity contribution in [3.8, 4) is 0 Å². The highest BCUT2D eigenvalue weighted by Crippen LogP contribution is 2.33. The van der Waals surface area contributed by atoms with Crippen LogP contribution in [0.25, 0.3) is 11.2 Å². The monoisotopic (exact) mass is 602 g/mol. The minimum Gasteiger partial charge on any atom is -0.387 e. The lowest BCUT2D eigenvalue weighted by atomic mass is 9.91. The van der Waals surface area contributed by atoms with E-state index < -0.39 is 24.5 Å². The van der Waals surface area contributed by atoms with Crippen molar-refractivity contribution >= 4 is 17.0 Å². The fourth-order valence-corrected chi connectivity index (χ4v) is 6.13. The largest absolute Gasteiger partial charge is 0.387 e. The molecule has 44 heavy (non-hydrogen) atoms. The highest BCUT2D eigenvalue weighted by molar-refractivity contribution is 5.83. The summed E-state index contributed by atoms with van der Waals surface area (Å²) in [6.45, 7) is 4.64. The molecule has 3 N–H and O–H groups in total. The molecule has 2 fully saturated rings. The Balaban J connectivity index is 1.27. The van der Waals surface area contributed by atoms with Gasteiger partial charge in [0.25, 0.3) is 0 Å². The molecule has 234 valence electrons. The number of nitrogens with zero attached hydrogens (tertiary/aromatic N) is 5. The van der Waals surface area contributed by atoms with Gasteiger partial charge in [-0.05, 0) is 37.1 Å². The van der Waals surface area contributed by atoms with Crippen molar-refractivity contribution in [1.29, 1.82) is 0 Å². The van der Waals surface area contributed by atoms with E-state index in [-0.39, 0.29) is 19.1 Å². The molecule has 0 aliphatic carbocycles. The predicted molar refractivity (Wildman–Crippen MR) is 166 cm³/mol. The van der Waals surface area contributed by atoms with Gasteiger partial charge in [0.15, 0.2) is 29.0 Å². The van der Waals surface area contributed by atoms with Gasteiger partial charge in [0.1, 0.15) is 24.9 Å². The highest BCUT2D eigenvalue weighted by atomic mass is 16.6. The van der Waals surface area contributed by atoms with E-state index in [9.17, 15) is 10.2 Å². The van der Waals surface area contributed by atoms with Crippen LogP contribution in [0.1, 0.15) is 48.4 Å². The van der Waals surface area contributed by atoms with Gasteiger partial charge >= 0.3 is 0 Å². The Morgan fingerprint density at radius 2 is 1.66 bits per heavy atom. The van der Waals surface area contributed by atoms with Gasteiger partial charge < -0.3 is 34.6 Å². The van der Waals surface area contributed by atoms with E-state index in [1.54, 1.807) is 10.9 Å². The molecule has 0 unspecified atom stereocenters. The molecule has 0 amide bonds. The first kappa shape index (κ1) is 30.6. The maximum absolute atomic E-state index is 10.9. The Morgan fingerprint density at radius 3 is 2.34 bits per heavy atom. The molecule has 4 heterocycles. The third-order valence-corrected chi connectivity index (χ3v) is 8.52. The minimum atomic E-state index is -1.18. The molecule has 4 aromatic rings. The first-order valence-corrected chi connectivity index (χ1v) is 15.5. The number of hydrogen-bond acceptors (Lipinski definition) is 10. The third-order valence-electron chi connectivity index (χ3n) is 8.52. The Hall–Kier alpha value is -3.45. The lowest BCUT2D eigenvalue weighted by molar-refractivity contribution is -0.0580. The number of imidazole rings is 1. The number of benzene rings is 2. The van der Waals surface area contributed by atoms with Crippen LogP contribution in [-0.4, -0.2) is 99.4 Å². The first-order chi connectivity index (χ1) is 21.6. The van der Waals surface area contributed by atoms with Crippen LogP contribution in [0.2, 0.25) is 0 Å². The summed E-state index contributed by atoms with van der Waals surface area (Å²) in [6.07, 6.45) is 1.51. The Bertz CT molecular complexity index is 1430. The lowest BCUT2D eigenvalue weighted by Crippen LogP contribution is -2.33. The summed E-state index contributed by atoms with van der Waals surface area (Å²) in [4.78, 5) is 16.7. The van der Waals surface area contributed by atoms with Gasteiger partial charge in [-0.3, -0.25) is 4.57 Å². The van der Waals surface area contributed by atoms with E-state index >= 15 is 0 Å². The Labute approximate surface area is 257 Å². The number of fused-ring (bicyclic) bond motifs is 1. The molecule has 2 aliphatic heterocycles. The molecular formula is C33H42N6O5. The first-order valence-electron chi connectivity index (χ1n) is 15.5. The average molecular weight is 603 g/mol. The minimum absolute atomic E-state index is 0.0682. The maximum atomic E-state index is 10.9. The zero-order chi connectivity index (χ0) is 30.3. The SMILES string of the molecule is COC[C@H]1O[C@@H](n2cnc3c(NCC(c4ccccc4)c4ccccc4)nc(COCCN4CCCCC4)nc32)[C@H](O)[C@@H]1O. The van der Waals surface area contributed by atoms with E-state index in [2.05, 4.69) is 39.5 Å². The van der Waals surface area contributed by atoms with Gasteiger partial charge in [-0.25, -0.2) is 15.0 Å². The molecule has 2 saturated heterocycles. The van der Waals surface area contributed by atoms with Crippen LogP contribution in [0, 0.1) is 0 Å². The number of piperidine rings is 1. The number of aliphatic hydroxyl groups excluding tert-OH is 2. The molecular weight excluding hydrogens is 560 g/mol. The third kappa shape index (κ3) is 6.93. The number of rotatable bonds is 13. The van der Waals surface area contributed by atoms with Gasteiger partial charge in [-0.2, -0.15) is 0 Å². The van der Waals surface area contributed by atoms with Crippen LogP contribution in [-0.2, 0) is 20.8 Å². The van der Waals surface area contributed by atoms with E-state index in [1.165, 1.54) is 37.5 Å². The van der Waals surface area contributed by atoms with Gasteiger partial charge in [-0.15, -0.1) is 0 Å². The number of methoxy groups -OCH3 is 1. The molecule has 4 atom stereocenters. The van der Waals surface area contributed by atoms with Gasteiger partial charge in [0, 0.05) is 26.1 Å². The number of anilines is 1. The summed E-state index contributed by atoms with van der Waals surface area (Å²) in [5.41, 5.74) is 3.40. The molecule has 2 aliphatic rings. The van der Waals surface area contributed by atoms with Crippen LogP contribution in [0.5, 0.6) is 0 Å². The quantitative estimate of drug-likeness (QED) is 0.196. The zero-order valence-electron chi connectivity index (χ0n) is 25.2. The second-order valence-corrected chi connectivity index (χ2v) is 11.5. The van der Waals surface area contributed by atoms with Crippen molar-refractivity contribution in [3.05, 3.63) is 83.9 Å². The summed E-state index contributed by atoms with van der Waals surface area (Å²) in [5, 5.41) is 25.0. The highest BCUT2D eigenvalue weighted by Gasteiger charge is 2.44. The van der Waals surface area contributed by atoms with Crippen molar-refractivity contribution in [2.24, 2.45) is 0 Å². The smallest absolute Gasteiger partial charge is 0.168 e. The number of likely N-dealkylation sites (tertiary alicyclic amines) is 1. The standard InChI is InChI=1S/C33H42N6O5/c1-42-20-26-29(40)30(41)33(44-26)39-22-35-28-31(34-19-25(23-11-5-2-6-12-23)24-13-7-3-8-14-24)36-27(37-32(28)39)21-43-18-17-38-15-9-4-10-16-38/h2-3,5-8,11-14,22,25-26,29-30,33,40-41H,4,9-10,15-21H2,1H3,(H,34,36,37)/t26-,29-,30-,33-/m1/s1. The number of aliphatic hydroxyl groups is 2. The molecule has 2 aromatic carbocycles. The van der Waals surface area contributed by atoms with Crippen molar-refractivity contribution in [2.45, 2.75) is 56.3 Å². The van der Waals surface area contributed by atoms with Crippen molar-refractivity contribution in [1.82, 2.24) is 24.4 Å². The van der Waals surface area contributed by atoms with Gasteiger partial charge in [0.05, 0.1) is 19.5 Å². The van der Waals surface area contributed by atoms with E-state index in [4.69, 9.17) is 24.2 Å². The predicted octanol–water partition coefficient (Wildman–Crippen LogP) is 3.34. The van der Waals surface area contributed by atoms with Crippen LogP contribution in [0.4, 0.5) is 5.82 Å². The van der Waals surface area contributed by atoms with Crippen molar-refractivity contribution in [2.75, 3.05) is 51.8 Å². The topological polar surface area (TPSA) is 127 Å². The average Bonchev–Trinajstić information content (AvgIpc) is 3.61. The van der Waals surface area contributed by atoms with Gasteiger partial charge in [-0.1, -0.05) is 67.1 Å². The molecule has 6 rings (SSSR count). The van der Waals surface area contributed by atoms with Crippen LogP contribution < -0.4 is 5.32 Å². The van der Waals surface area contributed by atoms with Crippen LogP contribution in [0.15, 0.2) is 67.0 Å². The van der Waals surface area contributed by atoms with Crippen LogP contribution in [0.3, 0.4) is 0 Å². The maximum Gasteiger partial charge on any atom is 0.168 e. The number of aromatic nitrogens is 4.